The second-order valence-corrected chi connectivity index (χ2v) is 11.3. The number of likely N-dealkylation sites (N-methyl/N-ethyl adjacent to an activating group) is 1. The van der Waals surface area contributed by atoms with Crippen molar-refractivity contribution in [2.45, 2.75) is 102 Å². The fourth-order valence-corrected chi connectivity index (χ4v) is 4.93. The molecule has 0 saturated carbocycles. The fraction of sp³-hybridized carbons (Fsp3) is 0.967. The number of ether oxygens (including phenoxy) is 2. The highest BCUT2D eigenvalue weighted by Crippen LogP contribution is 2.21. The molecule has 0 aliphatic carbocycles. The van der Waals surface area contributed by atoms with Crippen LogP contribution in [-0.2, 0) is 14.3 Å². The number of aliphatic hydroxyl groups is 4. The van der Waals surface area contributed by atoms with Gasteiger partial charge < -0.3 is 61.2 Å². The second-order valence-electron chi connectivity index (χ2n) is 11.3. The van der Waals surface area contributed by atoms with E-state index >= 15 is 0 Å². The zero-order valence-electron chi connectivity index (χ0n) is 26.6. The van der Waals surface area contributed by atoms with Gasteiger partial charge in [-0.05, 0) is 77.8 Å². The van der Waals surface area contributed by atoms with Crippen LogP contribution in [0.3, 0.4) is 0 Å². The zero-order valence-corrected chi connectivity index (χ0v) is 26.6. The smallest absolute Gasteiger partial charge is 0.303 e. The van der Waals surface area contributed by atoms with E-state index in [4.69, 9.17) is 14.6 Å². The van der Waals surface area contributed by atoms with Crippen LogP contribution in [0, 0.1) is 0 Å². The molecular formula is C30H63N5O8. The van der Waals surface area contributed by atoms with Gasteiger partial charge in [0.05, 0.1) is 13.2 Å². The minimum atomic E-state index is -1.41. The Bertz CT molecular complexity index is 652. The van der Waals surface area contributed by atoms with Gasteiger partial charge in [0.25, 0.3) is 0 Å². The van der Waals surface area contributed by atoms with E-state index in [0.717, 1.165) is 97.6 Å². The van der Waals surface area contributed by atoms with Gasteiger partial charge in [0.15, 0.2) is 6.29 Å². The largest absolute Gasteiger partial charge is 0.481 e. The Kier molecular flexibility index (Phi) is 25.5. The summed E-state index contributed by atoms with van der Waals surface area (Å²) in [5.41, 5.74) is 0. The molecule has 0 spiro atoms. The van der Waals surface area contributed by atoms with E-state index < -0.39 is 43.3 Å². The number of carbonyl (C=O) groups is 1. The standard InChI is InChI=1S/C30H63N5O8/c1-2-35(22-23-42-30-29(41)28(40)27(39)25(24-36)43-30)21-11-10-16-31-13-7-3-4-8-14-32-17-19-34-20-18-33-15-9-5-6-12-26(37)38/h25,27-34,36,39-41H,2-24H2,1H3,(H,37,38)/t25-,27-,28+,29+,30+/m1/s1. The predicted molar refractivity (Wildman–Crippen MR) is 167 cm³/mol. The fourth-order valence-electron chi connectivity index (χ4n) is 4.93. The summed E-state index contributed by atoms with van der Waals surface area (Å²) in [6.45, 7) is 12.4. The van der Waals surface area contributed by atoms with Crippen molar-refractivity contribution in [3.63, 3.8) is 0 Å². The molecule has 0 aromatic rings. The number of nitrogens with zero attached hydrogens (tertiary/aromatic N) is 1. The highest BCUT2D eigenvalue weighted by molar-refractivity contribution is 5.66. The minimum Gasteiger partial charge on any atom is -0.481 e. The molecule has 0 aromatic carbocycles. The van der Waals surface area contributed by atoms with E-state index in [-0.39, 0.29) is 6.42 Å². The van der Waals surface area contributed by atoms with Crippen LogP contribution >= 0.6 is 0 Å². The third kappa shape index (κ3) is 20.6. The molecule has 1 saturated heterocycles. The van der Waals surface area contributed by atoms with Crippen molar-refractivity contribution in [2.24, 2.45) is 0 Å². The van der Waals surface area contributed by atoms with Crippen molar-refractivity contribution in [1.82, 2.24) is 26.2 Å². The van der Waals surface area contributed by atoms with Crippen LogP contribution in [0.4, 0.5) is 0 Å². The summed E-state index contributed by atoms with van der Waals surface area (Å²) < 4.78 is 11.0. The maximum atomic E-state index is 10.5. The van der Waals surface area contributed by atoms with Crippen LogP contribution in [0.5, 0.6) is 0 Å². The van der Waals surface area contributed by atoms with E-state index in [1.165, 1.54) is 25.7 Å². The zero-order chi connectivity index (χ0) is 31.5. The van der Waals surface area contributed by atoms with E-state index in [2.05, 4.69) is 33.1 Å². The Balaban J connectivity index is 1.83. The first-order valence-electron chi connectivity index (χ1n) is 16.6. The molecule has 13 heteroatoms. The van der Waals surface area contributed by atoms with Gasteiger partial charge in [-0.25, -0.2) is 0 Å². The van der Waals surface area contributed by atoms with E-state index in [0.29, 0.717) is 13.2 Å². The minimum absolute atomic E-state index is 0.273. The average Bonchev–Trinajstić information content (AvgIpc) is 3.00. The first-order valence-corrected chi connectivity index (χ1v) is 16.6. The van der Waals surface area contributed by atoms with Crippen LogP contribution in [0.15, 0.2) is 0 Å². The Labute approximate surface area is 259 Å². The number of rotatable bonds is 30. The molecule has 13 nitrogen and oxygen atoms in total. The number of aliphatic hydroxyl groups excluding tert-OH is 4. The second kappa shape index (κ2) is 27.3. The average molecular weight is 622 g/mol. The lowest BCUT2D eigenvalue weighted by Gasteiger charge is -2.39. The lowest BCUT2D eigenvalue weighted by Crippen LogP contribution is -2.59. The van der Waals surface area contributed by atoms with Gasteiger partial charge in [0, 0.05) is 39.1 Å². The summed E-state index contributed by atoms with van der Waals surface area (Å²) in [6.07, 6.45) is 3.94. The van der Waals surface area contributed by atoms with Crippen LogP contribution in [-0.4, -0.2) is 152 Å². The Morgan fingerprint density at radius 1 is 0.698 bits per heavy atom. The predicted octanol–water partition coefficient (Wildman–Crippen LogP) is -0.531. The van der Waals surface area contributed by atoms with Gasteiger partial charge in [-0.1, -0.05) is 26.2 Å². The van der Waals surface area contributed by atoms with Crippen molar-refractivity contribution < 1.29 is 39.8 Å². The quantitative estimate of drug-likeness (QED) is 0.0466. The SMILES string of the molecule is CCN(CCCCNCCCCCCNCCNCCNCCCCCC(=O)O)CCO[C@H]1O[C@H](CO)[C@@H](O)[C@H](O)[C@@H]1O. The normalized spacial score (nSPS) is 22.4. The van der Waals surface area contributed by atoms with Crippen molar-refractivity contribution in [3.8, 4) is 0 Å². The summed E-state index contributed by atoms with van der Waals surface area (Å²) in [7, 11) is 0. The summed E-state index contributed by atoms with van der Waals surface area (Å²) in [6, 6.07) is 0. The van der Waals surface area contributed by atoms with Gasteiger partial charge in [-0.15, -0.1) is 0 Å². The first-order chi connectivity index (χ1) is 20.9. The van der Waals surface area contributed by atoms with Gasteiger partial charge >= 0.3 is 5.97 Å². The lowest BCUT2D eigenvalue weighted by molar-refractivity contribution is -0.301. The van der Waals surface area contributed by atoms with E-state index in [9.17, 15) is 25.2 Å². The van der Waals surface area contributed by atoms with Crippen molar-refractivity contribution in [2.75, 3.05) is 85.2 Å². The van der Waals surface area contributed by atoms with Crippen LogP contribution in [0.1, 0.15) is 71.1 Å². The molecular weight excluding hydrogens is 558 g/mol. The van der Waals surface area contributed by atoms with Gasteiger partial charge in [0.1, 0.15) is 24.4 Å². The van der Waals surface area contributed by atoms with Crippen LogP contribution in [0.25, 0.3) is 0 Å². The monoisotopic (exact) mass is 621 g/mol. The number of unbranched alkanes of at least 4 members (excludes halogenated alkanes) is 6. The Morgan fingerprint density at radius 2 is 1.21 bits per heavy atom. The number of nitrogens with one attached hydrogen (secondary N) is 4. The van der Waals surface area contributed by atoms with Gasteiger partial charge in [0.2, 0.25) is 0 Å². The molecule has 43 heavy (non-hydrogen) atoms. The molecule has 1 heterocycles. The maximum absolute atomic E-state index is 10.5. The molecule has 0 radical (unpaired) electrons. The highest BCUT2D eigenvalue weighted by Gasteiger charge is 2.43. The summed E-state index contributed by atoms with van der Waals surface area (Å²) in [5.74, 6) is -0.708. The number of carboxylic acid groups (broad SMARTS) is 1. The molecule has 1 rings (SSSR count). The number of hydrogen-bond donors (Lipinski definition) is 9. The maximum Gasteiger partial charge on any atom is 0.303 e. The number of hydrogen-bond acceptors (Lipinski definition) is 12. The van der Waals surface area contributed by atoms with Crippen molar-refractivity contribution in [1.29, 1.82) is 0 Å². The molecule has 1 fully saturated rings. The molecule has 0 amide bonds. The van der Waals surface area contributed by atoms with Crippen LogP contribution in [0.2, 0.25) is 0 Å². The van der Waals surface area contributed by atoms with Crippen molar-refractivity contribution >= 4 is 5.97 Å². The summed E-state index contributed by atoms with van der Waals surface area (Å²) in [4.78, 5) is 12.7. The van der Waals surface area contributed by atoms with E-state index in [1.807, 2.05) is 0 Å². The molecule has 5 atom stereocenters. The molecule has 1 aliphatic rings. The van der Waals surface area contributed by atoms with Gasteiger partial charge in [-0.3, -0.25) is 4.79 Å². The molecule has 1 aliphatic heterocycles. The third-order valence-corrected chi connectivity index (χ3v) is 7.72. The Morgan fingerprint density at radius 3 is 1.74 bits per heavy atom. The Hall–Kier alpha value is -0.970. The molecule has 9 N–H and O–H groups in total. The number of carboxylic acids is 1. The third-order valence-electron chi connectivity index (χ3n) is 7.72. The lowest BCUT2D eigenvalue weighted by atomic mass is 9.99. The van der Waals surface area contributed by atoms with E-state index in [1.54, 1.807) is 0 Å². The molecule has 256 valence electrons. The molecule has 0 bridgehead atoms. The topological polar surface area (TPSA) is 188 Å². The molecule has 0 aromatic heterocycles. The number of aliphatic carboxylic acids is 1. The van der Waals surface area contributed by atoms with Crippen LogP contribution < -0.4 is 21.3 Å². The highest BCUT2D eigenvalue weighted by atomic mass is 16.7. The molecule has 0 unspecified atom stereocenters. The summed E-state index contributed by atoms with van der Waals surface area (Å²) in [5, 5.41) is 61.5. The summed E-state index contributed by atoms with van der Waals surface area (Å²) >= 11 is 0. The van der Waals surface area contributed by atoms with Crippen molar-refractivity contribution in [3.05, 3.63) is 0 Å². The first kappa shape index (κ1) is 40.1. The van der Waals surface area contributed by atoms with Gasteiger partial charge in [-0.2, -0.15) is 0 Å².